The van der Waals surface area contributed by atoms with Crippen molar-refractivity contribution in [2.24, 2.45) is 0 Å². The van der Waals surface area contributed by atoms with Gasteiger partial charge in [-0.25, -0.2) is 0 Å². The molecule has 2 aromatic carbocycles. The molecule has 2 aromatic rings. The molecule has 0 spiro atoms. The van der Waals surface area contributed by atoms with Crippen molar-refractivity contribution in [3.05, 3.63) is 64.1 Å². The molecule has 0 heterocycles. The maximum Gasteiger partial charge on any atom is 0.220 e. The van der Waals surface area contributed by atoms with Crippen LogP contribution < -0.4 is 10.1 Å². The molecule has 1 fully saturated rings. The predicted molar refractivity (Wildman–Crippen MR) is 101 cm³/mol. The highest BCUT2D eigenvalue weighted by molar-refractivity contribution is 6.35. The molecule has 1 amide bonds. The van der Waals surface area contributed by atoms with E-state index in [1.807, 2.05) is 18.2 Å². The molecule has 1 aliphatic carbocycles. The minimum Gasteiger partial charge on any atom is -0.492 e. The van der Waals surface area contributed by atoms with Crippen molar-refractivity contribution in [1.82, 2.24) is 5.32 Å². The van der Waals surface area contributed by atoms with Gasteiger partial charge in [0.05, 0.1) is 17.2 Å². The number of carbonyl (C=O) groups is 1. The second kappa shape index (κ2) is 8.11. The minimum absolute atomic E-state index is 0.0642. The largest absolute Gasteiger partial charge is 0.492 e. The summed E-state index contributed by atoms with van der Waals surface area (Å²) in [5.41, 5.74) is 1.01. The first-order chi connectivity index (χ1) is 12.1. The Balaban J connectivity index is 1.46. The van der Waals surface area contributed by atoms with Crippen molar-refractivity contribution in [3.63, 3.8) is 0 Å². The van der Waals surface area contributed by atoms with E-state index in [1.54, 1.807) is 18.2 Å². The molecule has 1 aliphatic rings. The number of hydrogen-bond donors (Lipinski definition) is 1. The van der Waals surface area contributed by atoms with E-state index < -0.39 is 0 Å². The van der Waals surface area contributed by atoms with Gasteiger partial charge in [0, 0.05) is 11.4 Å². The molecule has 3 rings (SSSR count). The molecule has 0 atom stereocenters. The van der Waals surface area contributed by atoms with Crippen molar-refractivity contribution < 1.29 is 9.53 Å². The standard InChI is InChI=1S/C20H21Cl2NO2/c21-16-9-10-18(17(22)14-16)25-13-4-8-19(24)23-20(11-5-12-20)15-6-2-1-3-7-15/h1-3,6-7,9-10,14H,4-5,8,11-13H2,(H,23,24). The van der Waals surface area contributed by atoms with Crippen molar-refractivity contribution in [3.8, 4) is 5.75 Å². The number of hydrogen-bond acceptors (Lipinski definition) is 2. The van der Waals surface area contributed by atoms with E-state index in [0.29, 0.717) is 35.2 Å². The van der Waals surface area contributed by atoms with Gasteiger partial charge in [-0.05, 0) is 49.4 Å². The summed E-state index contributed by atoms with van der Waals surface area (Å²) in [4.78, 5) is 12.3. The van der Waals surface area contributed by atoms with E-state index in [1.165, 1.54) is 5.56 Å². The van der Waals surface area contributed by atoms with Crippen LogP contribution in [0.5, 0.6) is 5.75 Å². The average molecular weight is 378 g/mol. The Morgan fingerprint density at radius 3 is 2.52 bits per heavy atom. The summed E-state index contributed by atoms with van der Waals surface area (Å²) in [6.45, 7) is 0.438. The van der Waals surface area contributed by atoms with Gasteiger partial charge < -0.3 is 10.1 Å². The van der Waals surface area contributed by atoms with Crippen molar-refractivity contribution in [2.75, 3.05) is 6.61 Å². The maximum absolute atomic E-state index is 12.3. The first-order valence-corrected chi connectivity index (χ1v) is 9.29. The van der Waals surface area contributed by atoms with Crippen LogP contribution in [0, 0.1) is 0 Å². The van der Waals surface area contributed by atoms with Crippen LogP contribution in [-0.4, -0.2) is 12.5 Å². The second-order valence-corrected chi connectivity index (χ2v) is 7.22. The Bertz CT molecular complexity index is 730. The molecule has 0 saturated heterocycles. The van der Waals surface area contributed by atoms with Gasteiger partial charge in [0.1, 0.15) is 5.75 Å². The van der Waals surface area contributed by atoms with Crippen LogP contribution in [-0.2, 0) is 10.3 Å². The molecule has 1 saturated carbocycles. The van der Waals surface area contributed by atoms with E-state index in [-0.39, 0.29) is 11.4 Å². The SMILES string of the molecule is O=C(CCCOc1ccc(Cl)cc1Cl)NC1(c2ccccc2)CCC1. The van der Waals surface area contributed by atoms with Crippen LogP contribution >= 0.6 is 23.2 Å². The highest BCUT2D eigenvalue weighted by atomic mass is 35.5. The molecule has 3 nitrogen and oxygen atoms in total. The van der Waals surface area contributed by atoms with Crippen LogP contribution in [0.4, 0.5) is 0 Å². The summed E-state index contributed by atoms with van der Waals surface area (Å²) in [5.74, 6) is 0.653. The highest BCUT2D eigenvalue weighted by Gasteiger charge is 2.39. The number of carbonyl (C=O) groups excluding carboxylic acids is 1. The lowest BCUT2D eigenvalue weighted by molar-refractivity contribution is -0.124. The van der Waals surface area contributed by atoms with Crippen LogP contribution in [0.2, 0.25) is 10.0 Å². The second-order valence-electron chi connectivity index (χ2n) is 6.38. The fourth-order valence-electron chi connectivity index (χ4n) is 3.11. The fourth-order valence-corrected chi connectivity index (χ4v) is 3.57. The van der Waals surface area contributed by atoms with E-state index in [9.17, 15) is 4.79 Å². The van der Waals surface area contributed by atoms with Gasteiger partial charge in [-0.1, -0.05) is 53.5 Å². The Hall–Kier alpha value is -1.71. The van der Waals surface area contributed by atoms with Crippen LogP contribution in [0.25, 0.3) is 0 Å². The predicted octanol–water partition coefficient (Wildman–Crippen LogP) is 5.35. The Labute approximate surface area is 158 Å². The van der Waals surface area contributed by atoms with E-state index in [4.69, 9.17) is 27.9 Å². The molecular formula is C20H21Cl2NO2. The molecule has 0 radical (unpaired) electrons. The van der Waals surface area contributed by atoms with Crippen LogP contribution in [0.1, 0.15) is 37.7 Å². The molecule has 1 N–H and O–H groups in total. The summed E-state index contributed by atoms with van der Waals surface area (Å²) >= 11 is 11.9. The molecule has 0 aromatic heterocycles. The quantitative estimate of drug-likeness (QED) is 0.660. The van der Waals surface area contributed by atoms with Crippen LogP contribution in [0.15, 0.2) is 48.5 Å². The molecule has 5 heteroatoms. The normalized spacial score (nSPS) is 15.3. The highest BCUT2D eigenvalue weighted by Crippen LogP contribution is 2.41. The zero-order valence-electron chi connectivity index (χ0n) is 13.9. The number of amides is 1. The zero-order valence-corrected chi connectivity index (χ0v) is 15.4. The lowest BCUT2D eigenvalue weighted by Crippen LogP contribution is -2.50. The maximum atomic E-state index is 12.3. The number of rotatable bonds is 7. The van der Waals surface area contributed by atoms with Gasteiger partial charge >= 0.3 is 0 Å². The summed E-state index contributed by atoms with van der Waals surface area (Å²) in [6, 6.07) is 15.3. The Morgan fingerprint density at radius 2 is 1.88 bits per heavy atom. The van der Waals surface area contributed by atoms with Gasteiger partial charge in [-0.2, -0.15) is 0 Å². The summed E-state index contributed by atoms with van der Waals surface area (Å²) < 4.78 is 5.63. The van der Waals surface area contributed by atoms with Gasteiger partial charge in [-0.15, -0.1) is 0 Å². The van der Waals surface area contributed by atoms with E-state index in [0.717, 1.165) is 19.3 Å². The first-order valence-electron chi connectivity index (χ1n) is 8.53. The van der Waals surface area contributed by atoms with Crippen LogP contribution in [0.3, 0.4) is 0 Å². The molecule has 0 bridgehead atoms. The van der Waals surface area contributed by atoms with Gasteiger partial charge in [0.25, 0.3) is 0 Å². The number of nitrogens with one attached hydrogen (secondary N) is 1. The number of benzene rings is 2. The summed E-state index contributed by atoms with van der Waals surface area (Å²) in [6.07, 6.45) is 4.21. The summed E-state index contributed by atoms with van der Waals surface area (Å²) in [7, 11) is 0. The lowest BCUT2D eigenvalue weighted by atomic mass is 9.71. The molecule has 0 unspecified atom stereocenters. The van der Waals surface area contributed by atoms with Gasteiger partial charge in [-0.3, -0.25) is 4.79 Å². The van der Waals surface area contributed by atoms with E-state index >= 15 is 0 Å². The Morgan fingerprint density at radius 1 is 1.12 bits per heavy atom. The monoisotopic (exact) mass is 377 g/mol. The molecule has 132 valence electrons. The molecule has 0 aliphatic heterocycles. The number of halogens is 2. The first kappa shape index (κ1) is 18.1. The molecular weight excluding hydrogens is 357 g/mol. The average Bonchev–Trinajstić information content (AvgIpc) is 2.57. The van der Waals surface area contributed by atoms with E-state index in [2.05, 4.69) is 17.4 Å². The molecule has 25 heavy (non-hydrogen) atoms. The lowest BCUT2D eigenvalue weighted by Gasteiger charge is -2.43. The smallest absolute Gasteiger partial charge is 0.220 e. The van der Waals surface area contributed by atoms with Gasteiger partial charge in [0.15, 0.2) is 0 Å². The summed E-state index contributed by atoms with van der Waals surface area (Å²) in [5, 5.41) is 4.28. The van der Waals surface area contributed by atoms with Gasteiger partial charge in [0.2, 0.25) is 5.91 Å². The minimum atomic E-state index is -0.182. The topological polar surface area (TPSA) is 38.3 Å². The zero-order chi connectivity index (χ0) is 17.7. The third kappa shape index (κ3) is 4.47. The van der Waals surface area contributed by atoms with Crippen molar-refractivity contribution in [2.45, 2.75) is 37.6 Å². The number of ether oxygens (including phenoxy) is 1. The third-order valence-electron chi connectivity index (χ3n) is 4.61. The van der Waals surface area contributed by atoms with Crippen molar-refractivity contribution in [1.29, 1.82) is 0 Å². The van der Waals surface area contributed by atoms with Crippen molar-refractivity contribution >= 4 is 29.1 Å². The third-order valence-corrected chi connectivity index (χ3v) is 5.14. The Kier molecular flexibility index (Phi) is 5.87. The fraction of sp³-hybridized carbons (Fsp3) is 0.350.